The van der Waals surface area contributed by atoms with Crippen LogP contribution in [0.1, 0.15) is 17.3 Å². The molecule has 1 aliphatic rings. The van der Waals surface area contributed by atoms with Crippen LogP contribution >= 0.6 is 11.8 Å². The van der Waals surface area contributed by atoms with E-state index in [0.717, 1.165) is 21.5 Å². The fourth-order valence-corrected chi connectivity index (χ4v) is 4.60. The number of nitrogens with zero attached hydrogens (tertiary/aromatic N) is 4. The molecule has 3 heterocycles. The minimum atomic E-state index is -0.275. The molecule has 0 radical (unpaired) electrons. The van der Waals surface area contributed by atoms with Gasteiger partial charge in [-0.2, -0.15) is 0 Å². The summed E-state index contributed by atoms with van der Waals surface area (Å²) in [5, 5.41) is 8.94. The molecular weight excluding hydrogens is 452 g/mol. The minimum absolute atomic E-state index is 0.0400. The Labute approximate surface area is 201 Å². The number of benzene rings is 2. The third-order valence-electron chi connectivity index (χ3n) is 5.75. The molecule has 0 bridgehead atoms. The summed E-state index contributed by atoms with van der Waals surface area (Å²) >= 11 is 1.65. The van der Waals surface area contributed by atoms with E-state index in [1.54, 1.807) is 18.7 Å². The van der Waals surface area contributed by atoms with E-state index >= 15 is 0 Å². The number of para-hydroxylation sites is 2. The van der Waals surface area contributed by atoms with Gasteiger partial charge in [0.2, 0.25) is 11.8 Å². The molecule has 1 atom stereocenters. The number of fused-ring (bicyclic) bond motifs is 2. The summed E-state index contributed by atoms with van der Waals surface area (Å²) in [5.41, 5.74) is 1.54. The topological polar surface area (TPSA) is 82.6 Å². The lowest BCUT2D eigenvalue weighted by Crippen LogP contribution is -2.38. The molecule has 0 amide bonds. The van der Waals surface area contributed by atoms with Crippen LogP contribution in [-0.2, 0) is 19.6 Å². The maximum Gasteiger partial charge on any atom is 0.255 e. The number of thioether (sulfide) groups is 1. The Morgan fingerprint density at radius 3 is 2.71 bits per heavy atom. The summed E-state index contributed by atoms with van der Waals surface area (Å²) in [5.74, 6) is 2.48. The first-order valence-electron chi connectivity index (χ1n) is 11.1. The third kappa shape index (κ3) is 4.67. The second kappa shape index (κ2) is 9.52. The maximum atomic E-state index is 13.7. The third-order valence-corrected chi connectivity index (χ3v) is 6.47. The van der Waals surface area contributed by atoms with Gasteiger partial charge in [-0.25, -0.2) is 0 Å². The van der Waals surface area contributed by atoms with Crippen LogP contribution in [0.5, 0.6) is 11.5 Å². The van der Waals surface area contributed by atoms with E-state index in [2.05, 4.69) is 28.4 Å². The summed E-state index contributed by atoms with van der Waals surface area (Å²) in [6.45, 7) is 3.44. The first kappa shape index (κ1) is 22.5. The lowest BCUT2D eigenvalue weighted by atomic mass is 10.1. The quantitative estimate of drug-likeness (QED) is 0.370. The average molecular weight is 479 g/mol. The molecule has 2 aromatic heterocycles. The zero-order valence-corrected chi connectivity index (χ0v) is 20.2. The molecule has 0 saturated heterocycles. The molecule has 0 saturated carbocycles. The zero-order valence-electron chi connectivity index (χ0n) is 19.4. The van der Waals surface area contributed by atoms with Gasteiger partial charge < -0.3 is 18.5 Å². The zero-order chi connectivity index (χ0) is 23.7. The predicted octanol–water partition coefficient (Wildman–Crippen LogP) is 3.89. The molecule has 0 aliphatic carbocycles. The summed E-state index contributed by atoms with van der Waals surface area (Å²) in [4.78, 5) is 16.8. The Hall–Kier alpha value is -3.30. The molecule has 5 rings (SSSR count). The molecule has 2 aromatic carbocycles. The van der Waals surface area contributed by atoms with Gasteiger partial charge in [-0.05, 0) is 49.0 Å². The van der Waals surface area contributed by atoms with Crippen molar-refractivity contribution in [3.63, 3.8) is 0 Å². The van der Waals surface area contributed by atoms with Gasteiger partial charge >= 0.3 is 0 Å². The monoisotopic (exact) mass is 478 g/mol. The molecule has 8 nitrogen and oxygen atoms in total. The van der Waals surface area contributed by atoms with Crippen molar-refractivity contribution in [1.29, 1.82) is 0 Å². The number of pyridine rings is 1. The average Bonchev–Trinajstić information content (AvgIpc) is 3.25. The first-order chi connectivity index (χ1) is 16.5. The molecule has 9 heteroatoms. The normalized spacial score (nSPS) is 15.2. The van der Waals surface area contributed by atoms with Crippen LogP contribution in [0.3, 0.4) is 0 Å². The molecule has 176 valence electrons. The fraction of sp³-hybridized carbons (Fsp3) is 0.320. The van der Waals surface area contributed by atoms with E-state index in [9.17, 15) is 4.79 Å². The number of hydrogen-bond donors (Lipinski definition) is 0. The van der Waals surface area contributed by atoms with Crippen LogP contribution in [-0.4, -0.2) is 45.7 Å². The number of hydrogen-bond acceptors (Lipinski definition) is 8. The van der Waals surface area contributed by atoms with Crippen molar-refractivity contribution >= 4 is 22.7 Å². The van der Waals surface area contributed by atoms with Crippen LogP contribution < -0.4 is 15.0 Å². The van der Waals surface area contributed by atoms with Crippen molar-refractivity contribution in [3.05, 3.63) is 76.2 Å². The standard InChI is InChI=1S/C25H26N4O4S/c1-16-26-27-24(32-16)14-28(2)12-18-10-17-8-9-20(34-3)11-21(17)29(25(18)30)13-19-15-31-22-6-4-5-7-23(22)33-19/h4-11,19H,12-15H2,1-3H3. The summed E-state index contributed by atoms with van der Waals surface area (Å²) in [6, 6.07) is 15.8. The molecule has 0 fully saturated rings. The van der Waals surface area contributed by atoms with Crippen LogP contribution in [0.15, 0.2) is 62.6 Å². The number of aromatic nitrogens is 3. The highest BCUT2D eigenvalue weighted by molar-refractivity contribution is 7.98. The first-order valence-corrected chi connectivity index (χ1v) is 12.3. The van der Waals surface area contributed by atoms with Gasteiger partial charge in [-0.1, -0.05) is 18.2 Å². The Bertz CT molecular complexity index is 1380. The molecule has 0 spiro atoms. The van der Waals surface area contributed by atoms with Crippen LogP contribution in [0.4, 0.5) is 0 Å². The SMILES string of the molecule is CSc1ccc2cc(CN(C)Cc3nnc(C)o3)c(=O)n(CC3COc4ccccc4O3)c2c1. The largest absolute Gasteiger partial charge is 0.486 e. The number of ether oxygens (including phenoxy) is 2. The highest BCUT2D eigenvalue weighted by atomic mass is 32.2. The van der Waals surface area contributed by atoms with E-state index in [1.165, 1.54) is 0 Å². The highest BCUT2D eigenvalue weighted by Gasteiger charge is 2.23. The maximum absolute atomic E-state index is 13.7. The molecule has 0 N–H and O–H groups in total. The van der Waals surface area contributed by atoms with Gasteiger partial charge in [-0.15, -0.1) is 22.0 Å². The molecule has 34 heavy (non-hydrogen) atoms. The van der Waals surface area contributed by atoms with Crippen molar-refractivity contribution in [1.82, 2.24) is 19.7 Å². The van der Waals surface area contributed by atoms with Gasteiger partial charge in [-0.3, -0.25) is 9.69 Å². The highest BCUT2D eigenvalue weighted by Crippen LogP contribution is 2.31. The van der Waals surface area contributed by atoms with E-state index in [-0.39, 0.29) is 11.7 Å². The van der Waals surface area contributed by atoms with Crippen LogP contribution in [0.25, 0.3) is 10.9 Å². The lowest BCUT2D eigenvalue weighted by molar-refractivity contribution is 0.0786. The molecule has 1 unspecified atom stereocenters. The Kier molecular flexibility index (Phi) is 6.30. The van der Waals surface area contributed by atoms with E-state index < -0.39 is 0 Å². The number of aryl methyl sites for hydroxylation is 1. The van der Waals surface area contributed by atoms with Crippen molar-refractivity contribution in [2.45, 2.75) is 37.6 Å². The fourth-order valence-electron chi connectivity index (χ4n) is 4.17. The van der Waals surface area contributed by atoms with E-state index in [4.69, 9.17) is 13.9 Å². The Morgan fingerprint density at radius 1 is 1.12 bits per heavy atom. The molecular formula is C25H26N4O4S. The van der Waals surface area contributed by atoms with Crippen LogP contribution in [0, 0.1) is 6.92 Å². The van der Waals surface area contributed by atoms with Gasteiger partial charge in [0.05, 0.1) is 18.6 Å². The van der Waals surface area contributed by atoms with Gasteiger partial charge in [0.15, 0.2) is 17.6 Å². The second-order valence-electron chi connectivity index (χ2n) is 8.39. The summed E-state index contributed by atoms with van der Waals surface area (Å²) < 4.78 is 19.4. The predicted molar refractivity (Wildman–Crippen MR) is 131 cm³/mol. The van der Waals surface area contributed by atoms with Crippen molar-refractivity contribution in [3.8, 4) is 11.5 Å². The van der Waals surface area contributed by atoms with E-state index in [0.29, 0.717) is 49.3 Å². The van der Waals surface area contributed by atoms with Crippen LogP contribution in [0.2, 0.25) is 0 Å². The van der Waals surface area contributed by atoms with Gasteiger partial charge in [0.1, 0.15) is 6.61 Å². The summed E-state index contributed by atoms with van der Waals surface area (Å²) in [7, 11) is 1.93. The number of rotatable bonds is 7. The van der Waals surface area contributed by atoms with Crippen molar-refractivity contribution in [2.75, 3.05) is 19.9 Å². The lowest BCUT2D eigenvalue weighted by Gasteiger charge is -2.27. The summed E-state index contributed by atoms with van der Waals surface area (Å²) in [6.07, 6.45) is 1.75. The molecule has 1 aliphatic heterocycles. The smallest absolute Gasteiger partial charge is 0.255 e. The van der Waals surface area contributed by atoms with Crippen molar-refractivity contribution in [2.24, 2.45) is 0 Å². The second-order valence-corrected chi connectivity index (χ2v) is 9.27. The Morgan fingerprint density at radius 2 is 1.94 bits per heavy atom. The minimum Gasteiger partial charge on any atom is -0.486 e. The van der Waals surface area contributed by atoms with Crippen molar-refractivity contribution < 1.29 is 13.9 Å². The van der Waals surface area contributed by atoms with Gasteiger partial charge in [0, 0.05) is 23.9 Å². The van der Waals surface area contributed by atoms with E-state index in [1.807, 2.05) is 53.1 Å². The van der Waals surface area contributed by atoms with Gasteiger partial charge in [0.25, 0.3) is 5.56 Å². The molecule has 4 aromatic rings. The Balaban J connectivity index is 1.47.